The van der Waals surface area contributed by atoms with Crippen molar-refractivity contribution in [1.29, 1.82) is 0 Å². The molecule has 1 aromatic carbocycles. The number of hydrogen-bond donors (Lipinski definition) is 3. The Kier molecular flexibility index (Phi) is 3.29. The Morgan fingerprint density at radius 1 is 1.16 bits per heavy atom. The lowest BCUT2D eigenvalue weighted by Crippen LogP contribution is -2.40. The van der Waals surface area contributed by atoms with Crippen LogP contribution in [0.15, 0.2) is 24.3 Å². The van der Waals surface area contributed by atoms with Crippen molar-refractivity contribution < 1.29 is 15.0 Å². The van der Waals surface area contributed by atoms with E-state index in [9.17, 15) is 15.0 Å². The molecule has 0 aromatic heterocycles. The molecule has 0 spiro atoms. The fourth-order valence-corrected chi connectivity index (χ4v) is 3.25. The van der Waals surface area contributed by atoms with Crippen LogP contribution in [0.25, 0.3) is 0 Å². The first-order chi connectivity index (χ1) is 9.16. The normalized spacial score (nSPS) is 33.2. The number of nitrogens with one attached hydrogen (secondary N) is 1. The molecule has 4 nitrogen and oxygen atoms in total. The van der Waals surface area contributed by atoms with Gasteiger partial charge in [0.05, 0.1) is 24.2 Å². The Morgan fingerprint density at radius 2 is 1.95 bits per heavy atom. The molecule has 102 valence electrons. The highest BCUT2D eigenvalue weighted by Crippen LogP contribution is 2.33. The Morgan fingerprint density at radius 3 is 2.68 bits per heavy atom. The maximum absolute atomic E-state index is 12.2. The monoisotopic (exact) mass is 261 g/mol. The highest BCUT2D eigenvalue weighted by atomic mass is 16.3. The van der Waals surface area contributed by atoms with Crippen molar-refractivity contribution in [2.24, 2.45) is 5.92 Å². The van der Waals surface area contributed by atoms with Crippen molar-refractivity contribution in [3.05, 3.63) is 35.4 Å². The van der Waals surface area contributed by atoms with Gasteiger partial charge in [0.1, 0.15) is 0 Å². The maximum Gasteiger partial charge on any atom is 0.226 e. The number of benzene rings is 1. The van der Waals surface area contributed by atoms with E-state index in [2.05, 4.69) is 5.32 Å². The summed E-state index contributed by atoms with van der Waals surface area (Å²) in [6.45, 7) is 0. The van der Waals surface area contributed by atoms with Gasteiger partial charge in [0.2, 0.25) is 5.91 Å². The zero-order valence-corrected chi connectivity index (χ0v) is 10.7. The van der Waals surface area contributed by atoms with Gasteiger partial charge in [0.25, 0.3) is 0 Å². The molecule has 0 heterocycles. The van der Waals surface area contributed by atoms with Crippen LogP contribution in [-0.4, -0.2) is 28.3 Å². The third-order valence-corrected chi connectivity index (χ3v) is 4.32. The van der Waals surface area contributed by atoms with E-state index >= 15 is 0 Å². The van der Waals surface area contributed by atoms with E-state index in [1.807, 2.05) is 24.3 Å². The van der Waals surface area contributed by atoms with Crippen LogP contribution in [0.2, 0.25) is 0 Å². The predicted octanol–water partition coefficient (Wildman–Crippen LogP) is 0.922. The molecule has 3 N–H and O–H groups in total. The number of aliphatic hydroxyl groups is 2. The lowest BCUT2D eigenvalue weighted by atomic mass is 10.0. The Bertz CT molecular complexity index is 488. The number of carbonyl (C=O) groups is 1. The van der Waals surface area contributed by atoms with E-state index in [0.29, 0.717) is 12.8 Å². The fraction of sp³-hybridized carbons (Fsp3) is 0.533. The summed E-state index contributed by atoms with van der Waals surface area (Å²) >= 11 is 0. The van der Waals surface area contributed by atoms with Gasteiger partial charge < -0.3 is 15.5 Å². The summed E-state index contributed by atoms with van der Waals surface area (Å²) in [5, 5.41) is 22.8. The van der Waals surface area contributed by atoms with Gasteiger partial charge in [-0.3, -0.25) is 4.79 Å². The molecule has 4 unspecified atom stereocenters. The Hall–Kier alpha value is -1.39. The molecule has 4 atom stereocenters. The quantitative estimate of drug-likeness (QED) is 0.741. The lowest BCUT2D eigenvalue weighted by Gasteiger charge is -2.21. The molecule has 0 aliphatic heterocycles. The molecule has 0 saturated heterocycles. The van der Waals surface area contributed by atoms with Crippen LogP contribution in [0.1, 0.15) is 36.4 Å². The summed E-state index contributed by atoms with van der Waals surface area (Å²) in [4.78, 5) is 12.2. The third kappa shape index (κ3) is 2.26. The van der Waals surface area contributed by atoms with Crippen molar-refractivity contribution in [1.82, 2.24) is 5.32 Å². The number of carbonyl (C=O) groups excluding carboxylic acids is 1. The van der Waals surface area contributed by atoms with Gasteiger partial charge in [-0.2, -0.15) is 0 Å². The number of aliphatic hydroxyl groups excluding tert-OH is 2. The summed E-state index contributed by atoms with van der Waals surface area (Å²) in [6.07, 6.45) is 1.80. The lowest BCUT2D eigenvalue weighted by molar-refractivity contribution is -0.129. The number of amides is 1. The zero-order valence-electron chi connectivity index (χ0n) is 10.7. The van der Waals surface area contributed by atoms with Gasteiger partial charge in [-0.05, 0) is 30.4 Å². The second-order valence-electron chi connectivity index (χ2n) is 5.56. The molecular formula is C15H19NO3. The molecule has 1 aromatic rings. The average Bonchev–Trinajstić information content (AvgIpc) is 2.94. The minimum absolute atomic E-state index is 0.134. The summed E-state index contributed by atoms with van der Waals surface area (Å²) in [5.41, 5.74) is 2.09. The van der Waals surface area contributed by atoms with E-state index in [0.717, 1.165) is 24.0 Å². The molecule has 3 rings (SSSR count). The Labute approximate surface area is 112 Å². The summed E-state index contributed by atoms with van der Waals surface area (Å²) in [5.74, 6) is -0.453. The molecule has 4 heteroatoms. The van der Waals surface area contributed by atoms with Gasteiger partial charge in [-0.25, -0.2) is 0 Å². The van der Waals surface area contributed by atoms with Gasteiger partial charge in [0.15, 0.2) is 0 Å². The van der Waals surface area contributed by atoms with Crippen LogP contribution in [-0.2, 0) is 11.2 Å². The van der Waals surface area contributed by atoms with Crippen molar-refractivity contribution >= 4 is 5.91 Å². The van der Waals surface area contributed by atoms with Crippen LogP contribution >= 0.6 is 0 Å². The first-order valence-corrected chi connectivity index (χ1v) is 6.91. The van der Waals surface area contributed by atoms with Gasteiger partial charge >= 0.3 is 0 Å². The molecular weight excluding hydrogens is 242 g/mol. The standard InChI is InChI=1S/C15H19NO3/c17-12-7-3-6-11(12)15(19)16-14-10-5-2-1-4-9(10)8-13(14)18/h1-2,4-5,11-14,17-18H,3,6-8H2,(H,16,19). The van der Waals surface area contributed by atoms with Crippen LogP contribution in [0.4, 0.5) is 0 Å². The van der Waals surface area contributed by atoms with E-state index in [1.54, 1.807) is 0 Å². The minimum Gasteiger partial charge on any atom is -0.392 e. The highest BCUT2D eigenvalue weighted by molar-refractivity contribution is 5.80. The molecule has 2 aliphatic rings. The van der Waals surface area contributed by atoms with Crippen molar-refractivity contribution in [3.63, 3.8) is 0 Å². The molecule has 19 heavy (non-hydrogen) atoms. The number of rotatable bonds is 2. The molecule has 1 fully saturated rings. The first-order valence-electron chi connectivity index (χ1n) is 6.91. The number of fused-ring (bicyclic) bond motifs is 1. The van der Waals surface area contributed by atoms with Crippen LogP contribution in [0.5, 0.6) is 0 Å². The van der Waals surface area contributed by atoms with Crippen LogP contribution in [0, 0.1) is 5.92 Å². The minimum atomic E-state index is -0.570. The van der Waals surface area contributed by atoms with E-state index in [1.165, 1.54) is 0 Å². The largest absolute Gasteiger partial charge is 0.392 e. The van der Waals surface area contributed by atoms with Crippen molar-refractivity contribution in [2.45, 2.75) is 43.9 Å². The van der Waals surface area contributed by atoms with E-state index in [4.69, 9.17) is 0 Å². The zero-order chi connectivity index (χ0) is 13.4. The predicted molar refractivity (Wildman–Crippen MR) is 70.4 cm³/mol. The van der Waals surface area contributed by atoms with E-state index in [-0.39, 0.29) is 17.9 Å². The molecule has 0 radical (unpaired) electrons. The third-order valence-electron chi connectivity index (χ3n) is 4.32. The second-order valence-corrected chi connectivity index (χ2v) is 5.56. The highest BCUT2D eigenvalue weighted by Gasteiger charge is 2.36. The molecule has 2 aliphatic carbocycles. The second kappa shape index (κ2) is 4.94. The average molecular weight is 261 g/mol. The SMILES string of the molecule is O=C(NC1c2ccccc2CC1O)C1CCCC1O. The van der Waals surface area contributed by atoms with Gasteiger partial charge in [-0.15, -0.1) is 0 Å². The van der Waals surface area contributed by atoms with E-state index < -0.39 is 12.2 Å². The van der Waals surface area contributed by atoms with Gasteiger partial charge in [0, 0.05) is 6.42 Å². The summed E-state index contributed by atoms with van der Waals surface area (Å²) < 4.78 is 0. The van der Waals surface area contributed by atoms with Gasteiger partial charge in [-0.1, -0.05) is 24.3 Å². The summed E-state index contributed by atoms with van der Waals surface area (Å²) in [7, 11) is 0. The smallest absolute Gasteiger partial charge is 0.226 e. The van der Waals surface area contributed by atoms with Crippen LogP contribution < -0.4 is 5.32 Å². The molecule has 0 bridgehead atoms. The van der Waals surface area contributed by atoms with Crippen molar-refractivity contribution in [3.8, 4) is 0 Å². The Balaban J connectivity index is 1.75. The molecule has 1 amide bonds. The van der Waals surface area contributed by atoms with Crippen molar-refractivity contribution in [2.75, 3.05) is 0 Å². The summed E-state index contributed by atoms with van der Waals surface area (Å²) in [6, 6.07) is 7.45. The molecule has 1 saturated carbocycles. The first kappa shape index (κ1) is 12.6. The van der Waals surface area contributed by atoms with Crippen LogP contribution in [0.3, 0.4) is 0 Å². The topological polar surface area (TPSA) is 69.6 Å². The number of hydrogen-bond acceptors (Lipinski definition) is 3. The maximum atomic E-state index is 12.2. The fourth-order valence-electron chi connectivity index (χ4n) is 3.25.